The van der Waals surface area contributed by atoms with E-state index < -0.39 is 0 Å². The monoisotopic (exact) mass is 185 g/mol. The predicted molar refractivity (Wildman–Crippen MR) is 59.8 cm³/mol. The summed E-state index contributed by atoms with van der Waals surface area (Å²) in [7, 11) is 0. The predicted octanol–water partition coefficient (Wildman–Crippen LogP) is 2.96. The molecule has 1 aliphatic carbocycles. The van der Waals surface area contributed by atoms with E-state index in [0.717, 1.165) is 12.8 Å². The summed E-state index contributed by atoms with van der Waals surface area (Å²) < 4.78 is 0. The smallest absolute Gasteiger partial charge is 0.0514 e. The summed E-state index contributed by atoms with van der Waals surface area (Å²) in [6, 6.07) is 10.3. The summed E-state index contributed by atoms with van der Waals surface area (Å²) in [5.74, 6) is 0. The van der Waals surface area contributed by atoms with Crippen LogP contribution in [0, 0.1) is 0 Å². The summed E-state index contributed by atoms with van der Waals surface area (Å²) in [6.45, 7) is 0. The molecule has 1 nitrogen and oxygen atoms in total. The van der Waals surface area contributed by atoms with Gasteiger partial charge in [-0.25, -0.2) is 0 Å². The minimum Gasteiger partial charge on any atom is -0.321 e. The highest BCUT2D eigenvalue weighted by Crippen LogP contribution is 2.24. The van der Waals surface area contributed by atoms with Gasteiger partial charge in [-0.05, 0) is 24.0 Å². The molecule has 0 amide bonds. The molecule has 0 aromatic heterocycles. The van der Waals surface area contributed by atoms with E-state index >= 15 is 0 Å². The molecule has 0 bridgehead atoms. The summed E-state index contributed by atoms with van der Waals surface area (Å²) >= 11 is 0. The second kappa shape index (κ2) is 4.25. The van der Waals surface area contributed by atoms with Gasteiger partial charge in [-0.2, -0.15) is 0 Å². The molecule has 0 spiro atoms. The fourth-order valence-corrected chi connectivity index (χ4v) is 1.75. The molecule has 1 aromatic carbocycles. The number of rotatable bonds is 2. The van der Waals surface area contributed by atoms with Gasteiger partial charge in [-0.1, -0.05) is 48.6 Å². The Labute approximate surface area is 84.9 Å². The van der Waals surface area contributed by atoms with Gasteiger partial charge in [0.2, 0.25) is 0 Å². The second-order valence-corrected chi connectivity index (χ2v) is 3.60. The van der Waals surface area contributed by atoms with Crippen molar-refractivity contribution in [3.63, 3.8) is 0 Å². The third-order valence-corrected chi connectivity index (χ3v) is 2.60. The molecule has 1 atom stereocenters. The maximum atomic E-state index is 6.17. The molecule has 2 rings (SSSR count). The van der Waals surface area contributed by atoms with Crippen LogP contribution in [-0.4, -0.2) is 0 Å². The average Bonchev–Trinajstić information content (AvgIpc) is 2.30. The Hall–Kier alpha value is -1.34. The van der Waals surface area contributed by atoms with Crippen LogP contribution in [0.15, 0.2) is 54.1 Å². The van der Waals surface area contributed by atoms with Gasteiger partial charge in [-0.15, -0.1) is 0 Å². The van der Waals surface area contributed by atoms with E-state index in [1.54, 1.807) is 0 Å². The normalized spacial score (nSPS) is 17.6. The lowest BCUT2D eigenvalue weighted by atomic mass is 9.93. The van der Waals surface area contributed by atoms with Gasteiger partial charge in [0.25, 0.3) is 0 Å². The zero-order chi connectivity index (χ0) is 9.80. The molecule has 1 unspecified atom stereocenters. The van der Waals surface area contributed by atoms with Gasteiger partial charge >= 0.3 is 0 Å². The molecule has 1 aliphatic rings. The van der Waals surface area contributed by atoms with Crippen molar-refractivity contribution in [3.8, 4) is 0 Å². The SMILES string of the molecule is NC(C1=CC=CCC1)c1ccccc1. The summed E-state index contributed by atoms with van der Waals surface area (Å²) in [4.78, 5) is 0. The molecular formula is C13H15N. The lowest BCUT2D eigenvalue weighted by molar-refractivity contribution is 0.770. The first kappa shape index (κ1) is 9.22. The van der Waals surface area contributed by atoms with Gasteiger partial charge < -0.3 is 5.73 Å². The Kier molecular flexibility index (Phi) is 2.80. The topological polar surface area (TPSA) is 26.0 Å². The third-order valence-electron chi connectivity index (χ3n) is 2.60. The van der Waals surface area contributed by atoms with Crippen molar-refractivity contribution in [1.82, 2.24) is 0 Å². The molecule has 1 heteroatoms. The van der Waals surface area contributed by atoms with Crippen LogP contribution in [0.2, 0.25) is 0 Å². The highest BCUT2D eigenvalue weighted by molar-refractivity contribution is 5.31. The summed E-state index contributed by atoms with van der Waals surface area (Å²) in [5, 5.41) is 0. The first-order valence-electron chi connectivity index (χ1n) is 5.04. The van der Waals surface area contributed by atoms with Crippen LogP contribution in [0.3, 0.4) is 0 Å². The zero-order valence-electron chi connectivity index (χ0n) is 8.19. The van der Waals surface area contributed by atoms with Gasteiger partial charge in [-0.3, -0.25) is 0 Å². The van der Waals surface area contributed by atoms with Crippen molar-refractivity contribution in [3.05, 3.63) is 59.7 Å². The average molecular weight is 185 g/mol. The fourth-order valence-electron chi connectivity index (χ4n) is 1.75. The Morgan fingerprint density at radius 1 is 1.14 bits per heavy atom. The Bertz CT molecular complexity index is 349. The maximum Gasteiger partial charge on any atom is 0.0514 e. The van der Waals surface area contributed by atoms with E-state index in [2.05, 4.69) is 30.4 Å². The molecular weight excluding hydrogens is 170 g/mol. The Morgan fingerprint density at radius 2 is 1.93 bits per heavy atom. The molecule has 1 aromatic rings. The largest absolute Gasteiger partial charge is 0.321 e. The van der Waals surface area contributed by atoms with Crippen molar-refractivity contribution >= 4 is 0 Å². The van der Waals surface area contributed by atoms with Crippen LogP contribution >= 0.6 is 0 Å². The van der Waals surface area contributed by atoms with Gasteiger partial charge in [0, 0.05) is 0 Å². The molecule has 0 saturated carbocycles. The van der Waals surface area contributed by atoms with Crippen LogP contribution in [0.4, 0.5) is 0 Å². The third kappa shape index (κ3) is 1.94. The van der Waals surface area contributed by atoms with Gasteiger partial charge in [0.05, 0.1) is 6.04 Å². The Morgan fingerprint density at radius 3 is 2.57 bits per heavy atom. The number of allylic oxidation sites excluding steroid dienone is 3. The van der Waals surface area contributed by atoms with Gasteiger partial charge in [0.15, 0.2) is 0 Å². The molecule has 0 saturated heterocycles. The van der Waals surface area contributed by atoms with Crippen LogP contribution < -0.4 is 5.73 Å². The molecule has 0 radical (unpaired) electrons. The fraction of sp³-hybridized carbons (Fsp3) is 0.231. The van der Waals surface area contributed by atoms with E-state index in [9.17, 15) is 0 Å². The van der Waals surface area contributed by atoms with E-state index in [0.29, 0.717) is 0 Å². The molecule has 14 heavy (non-hydrogen) atoms. The van der Waals surface area contributed by atoms with Gasteiger partial charge in [0.1, 0.15) is 0 Å². The van der Waals surface area contributed by atoms with E-state index in [1.807, 2.05) is 18.2 Å². The van der Waals surface area contributed by atoms with E-state index in [1.165, 1.54) is 11.1 Å². The van der Waals surface area contributed by atoms with E-state index in [-0.39, 0.29) is 6.04 Å². The second-order valence-electron chi connectivity index (χ2n) is 3.60. The van der Waals surface area contributed by atoms with E-state index in [4.69, 9.17) is 5.73 Å². The lowest BCUT2D eigenvalue weighted by Gasteiger charge is -2.17. The minimum absolute atomic E-state index is 0.0705. The summed E-state index contributed by atoms with van der Waals surface area (Å²) in [6.07, 6.45) is 8.63. The van der Waals surface area contributed by atoms with Crippen molar-refractivity contribution in [2.75, 3.05) is 0 Å². The molecule has 2 N–H and O–H groups in total. The van der Waals surface area contributed by atoms with Crippen molar-refractivity contribution < 1.29 is 0 Å². The van der Waals surface area contributed by atoms with Crippen molar-refractivity contribution in [2.24, 2.45) is 5.73 Å². The maximum absolute atomic E-state index is 6.17. The quantitative estimate of drug-likeness (QED) is 0.753. The molecule has 0 fully saturated rings. The van der Waals surface area contributed by atoms with Crippen molar-refractivity contribution in [1.29, 1.82) is 0 Å². The first-order chi connectivity index (χ1) is 6.88. The minimum atomic E-state index is 0.0705. The highest BCUT2D eigenvalue weighted by Gasteiger charge is 2.11. The number of benzene rings is 1. The van der Waals surface area contributed by atoms with Crippen LogP contribution in [0.25, 0.3) is 0 Å². The number of hydrogen-bond acceptors (Lipinski definition) is 1. The van der Waals surface area contributed by atoms with Crippen LogP contribution in [-0.2, 0) is 0 Å². The number of nitrogens with two attached hydrogens (primary N) is 1. The standard InChI is InChI=1S/C13H15N/c14-13(11-7-3-1-4-8-11)12-9-5-2-6-10-12/h1-5,7-9,13H,6,10,14H2. The molecule has 72 valence electrons. The molecule has 0 heterocycles. The van der Waals surface area contributed by atoms with Crippen LogP contribution in [0.1, 0.15) is 24.4 Å². The Balaban J connectivity index is 2.19. The first-order valence-corrected chi connectivity index (χ1v) is 5.04. The zero-order valence-corrected chi connectivity index (χ0v) is 8.19. The highest BCUT2D eigenvalue weighted by atomic mass is 14.6. The molecule has 0 aliphatic heterocycles. The summed E-state index contributed by atoms with van der Waals surface area (Å²) in [5.41, 5.74) is 8.70. The lowest BCUT2D eigenvalue weighted by Crippen LogP contribution is -2.13. The van der Waals surface area contributed by atoms with Crippen molar-refractivity contribution in [2.45, 2.75) is 18.9 Å². The number of hydrogen-bond donors (Lipinski definition) is 1. The van der Waals surface area contributed by atoms with Crippen LogP contribution in [0.5, 0.6) is 0 Å².